The number of fused-ring (bicyclic) bond motifs is 1. The van der Waals surface area contributed by atoms with Crippen LogP contribution >= 0.6 is 0 Å². The maximum atomic E-state index is 13.4. The predicted octanol–water partition coefficient (Wildman–Crippen LogP) is 1.71. The molecule has 0 unspecified atom stereocenters. The van der Waals surface area contributed by atoms with Gasteiger partial charge in [-0.15, -0.1) is 0 Å². The second-order valence-corrected chi connectivity index (χ2v) is 9.81. The lowest BCUT2D eigenvalue weighted by Crippen LogP contribution is -2.49. The Morgan fingerprint density at radius 2 is 2.00 bits per heavy atom. The molecular weight excluding hydrogens is 438 g/mol. The summed E-state index contributed by atoms with van der Waals surface area (Å²) in [4.78, 5) is 40.8. The summed E-state index contributed by atoms with van der Waals surface area (Å²) in [5, 5.41) is 18.1. The van der Waals surface area contributed by atoms with Gasteiger partial charge in [0, 0.05) is 30.8 Å². The number of hydrogen-bond acceptors (Lipinski definition) is 6. The van der Waals surface area contributed by atoms with E-state index in [1.54, 1.807) is 17.9 Å². The van der Waals surface area contributed by atoms with E-state index in [0.717, 1.165) is 12.8 Å². The van der Waals surface area contributed by atoms with Crippen LogP contribution in [0, 0.1) is 12.8 Å². The van der Waals surface area contributed by atoms with E-state index < -0.39 is 17.3 Å². The highest BCUT2D eigenvalue weighted by molar-refractivity contribution is 5.97. The van der Waals surface area contributed by atoms with Crippen molar-refractivity contribution < 1.29 is 19.4 Å². The van der Waals surface area contributed by atoms with Crippen molar-refractivity contribution in [2.45, 2.75) is 72.2 Å². The number of hydrogen-bond donors (Lipinski definition) is 2. The molecule has 10 heteroatoms. The molecule has 2 N–H and O–H groups in total. The van der Waals surface area contributed by atoms with Crippen molar-refractivity contribution in [2.24, 2.45) is 5.92 Å². The number of nitrogens with zero attached hydrogens (tertiary/aromatic N) is 4. The third-order valence-corrected chi connectivity index (χ3v) is 6.19. The summed E-state index contributed by atoms with van der Waals surface area (Å²) in [7, 11) is 0. The van der Waals surface area contributed by atoms with Crippen LogP contribution in [0.2, 0.25) is 0 Å². The van der Waals surface area contributed by atoms with Crippen molar-refractivity contribution >= 4 is 23.5 Å². The number of ether oxygens (including phenoxy) is 1. The Hall–Kier alpha value is -3.14. The zero-order chi connectivity index (χ0) is 24.7. The monoisotopic (exact) mass is 471 g/mol. The maximum Gasteiger partial charge on any atom is 0.270 e. The number of rotatable bonds is 6. The highest BCUT2D eigenvalue weighted by Crippen LogP contribution is 2.25. The molecule has 0 radical (unpaired) electrons. The van der Waals surface area contributed by atoms with Gasteiger partial charge in [-0.05, 0) is 45.6 Å². The van der Waals surface area contributed by atoms with Gasteiger partial charge >= 0.3 is 0 Å². The predicted molar refractivity (Wildman–Crippen MR) is 127 cm³/mol. The van der Waals surface area contributed by atoms with Crippen LogP contribution in [0.3, 0.4) is 0 Å². The highest BCUT2D eigenvalue weighted by atomic mass is 16.5. The third kappa shape index (κ3) is 4.59. The molecule has 1 saturated heterocycles. The van der Waals surface area contributed by atoms with E-state index in [-0.39, 0.29) is 35.6 Å². The normalized spacial score (nSPS) is 21.1. The number of carbonyl (C=O) groups excluding carboxylic acids is 2. The summed E-state index contributed by atoms with van der Waals surface area (Å²) >= 11 is 0. The summed E-state index contributed by atoms with van der Waals surface area (Å²) in [6.45, 7) is 10.8. The third-order valence-electron chi connectivity index (χ3n) is 6.19. The van der Waals surface area contributed by atoms with Crippen molar-refractivity contribution in [2.75, 3.05) is 13.2 Å². The number of aryl methyl sites for hydroxylation is 1. The fourth-order valence-electron chi connectivity index (χ4n) is 4.24. The minimum Gasteiger partial charge on any atom is -0.492 e. The second-order valence-electron chi connectivity index (χ2n) is 9.81. The average molecular weight is 472 g/mol. The fourth-order valence-corrected chi connectivity index (χ4v) is 4.24. The number of carbonyl (C=O) groups is 2. The van der Waals surface area contributed by atoms with Crippen LogP contribution in [0.1, 0.15) is 62.2 Å². The molecule has 4 rings (SSSR count). The quantitative estimate of drug-likeness (QED) is 0.620. The first-order valence-corrected chi connectivity index (χ1v) is 11.8. The van der Waals surface area contributed by atoms with Gasteiger partial charge in [-0.25, -0.2) is 0 Å². The molecule has 0 bridgehead atoms. The lowest BCUT2D eigenvalue weighted by atomic mass is 10.1. The molecule has 0 aromatic carbocycles. The second kappa shape index (κ2) is 9.25. The van der Waals surface area contributed by atoms with Gasteiger partial charge in [-0.2, -0.15) is 9.61 Å². The van der Waals surface area contributed by atoms with Crippen LogP contribution in [0.15, 0.2) is 10.9 Å². The number of morpholine rings is 1. The molecule has 2 aromatic heterocycles. The largest absolute Gasteiger partial charge is 0.492 e. The van der Waals surface area contributed by atoms with Gasteiger partial charge in [0.25, 0.3) is 11.5 Å². The molecule has 1 aliphatic carbocycles. The Labute approximate surface area is 198 Å². The molecule has 10 nitrogen and oxygen atoms in total. The van der Waals surface area contributed by atoms with E-state index in [4.69, 9.17) is 4.74 Å². The highest BCUT2D eigenvalue weighted by Gasteiger charge is 2.31. The van der Waals surface area contributed by atoms with E-state index in [9.17, 15) is 19.5 Å². The van der Waals surface area contributed by atoms with Crippen molar-refractivity contribution in [3.05, 3.63) is 33.3 Å². The van der Waals surface area contributed by atoms with E-state index in [1.165, 1.54) is 15.2 Å². The Balaban J connectivity index is 1.79. The fraction of sp³-hybridized carbons (Fsp3) is 0.583. The number of amides is 2. The van der Waals surface area contributed by atoms with Gasteiger partial charge in [0.15, 0.2) is 5.56 Å². The first-order valence-electron chi connectivity index (χ1n) is 11.8. The number of aromatic hydroxyl groups is 1. The molecule has 2 fully saturated rings. The molecular formula is C24H33N5O5. The summed E-state index contributed by atoms with van der Waals surface area (Å²) in [5.74, 6) is -1.17. The summed E-state index contributed by atoms with van der Waals surface area (Å²) in [6, 6.07) is -0.0104. The van der Waals surface area contributed by atoms with Gasteiger partial charge in [0.05, 0.1) is 24.4 Å². The van der Waals surface area contributed by atoms with Gasteiger partial charge in [-0.3, -0.25) is 19.0 Å². The zero-order valence-corrected chi connectivity index (χ0v) is 20.4. The molecule has 34 heavy (non-hydrogen) atoms. The van der Waals surface area contributed by atoms with E-state index >= 15 is 0 Å². The molecule has 3 heterocycles. The lowest BCUT2D eigenvalue weighted by Gasteiger charge is -2.36. The van der Waals surface area contributed by atoms with Gasteiger partial charge in [0.1, 0.15) is 5.65 Å². The van der Waals surface area contributed by atoms with Crippen LogP contribution in [-0.4, -0.2) is 67.3 Å². The van der Waals surface area contributed by atoms with Gasteiger partial charge < -0.3 is 20.1 Å². The topological polar surface area (TPSA) is 118 Å². The standard InChI is InChI=1S/C24H33N5O5/c1-13(2)10-28-22-18(8-9-19(30)27-11-15(4)34-12-14(27)3)16(5)26-29(22)24(33)20(23(28)32)21(31)25-17-6-7-17/h8-9,13-15,17,33H,6-7,10-12H2,1-5H3,(H,25,31)/b9-8+/t14-,15+/m1/s1. The summed E-state index contributed by atoms with van der Waals surface area (Å²) in [6.07, 6.45) is 4.78. The van der Waals surface area contributed by atoms with Crippen molar-refractivity contribution in [3.8, 4) is 5.88 Å². The van der Waals surface area contributed by atoms with Crippen molar-refractivity contribution in [1.82, 2.24) is 24.4 Å². The molecule has 2 aliphatic rings. The Bertz CT molecular complexity index is 1210. The molecule has 184 valence electrons. The van der Waals surface area contributed by atoms with Crippen LogP contribution in [-0.2, 0) is 16.1 Å². The van der Waals surface area contributed by atoms with Crippen LogP contribution in [0.25, 0.3) is 11.7 Å². The minimum absolute atomic E-state index is 0.0368. The number of aromatic nitrogens is 3. The molecule has 1 aliphatic heterocycles. The molecule has 2 atom stereocenters. The Morgan fingerprint density at radius 3 is 2.65 bits per heavy atom. The van der Waals surface area contributed by atoms with Crippen molar-refractivity contribution in [1.29, 1.82) is 0 Å². The first-order chi connectivity index (χ1) is 16.1. The van der Waals surface area contributed by atoms with E-state index in [0.29, 0.717) is 36.6 Å². The van der Waals surface area contributed by atoms with Crippen LogP contribution in [0.4, 0.5) is 0 Å². The minimum atomic E-state index is -0.597. The van der Waals surface area contributed by atoms with E-state index in [1.807, 2.05) is 27.7 Å². The smallest absolute Gasteiger partial charge is 0.270 e. The van der Waals surface area contributed by atoms with E-state index in [2.05, 4.69) is 10.4 Å². The lowest BCUT2D eigenvalue weighted by molar-refractivity contribution is -0.137. The van der Waals surface area contributed by atoms with Gasteiger partial charge in [0.2, 0.25) is 11.8 Å². The van der Waals surface area contributed by atoms with Crippen LogP contribution < -0.4 is 10.9 Å². The average Bonchev–Trinajstić information content (AvgIpc) is 3.51. The van der Waals surface area contributed by atoms with Crippen molar-refractivity contribution in [3.63, 3.8) is 0 Å². The van der Waals surface area contributed by atoms with Gasteiger partial charge in [-0.1, -0.05) is 13.8 Å². The SMILES string of the molecule is Cc1nn2c(O)c(C(=O)NC3CC3)c(=O)n(CC(C)C)c2c1/C=C/C(=O)N1C[C@H](C)OC[C@H]1C. The molecule has 0 spiro atoms. The Morgan fingerprint density at radius 1 is 1.29 bits per heavy atom. The Kier molecular flexibility index (Phi) is 6.53. The molecule has 1 saturated carbocycles. The zero-order valence-electron chi connectivity index (χ0n) is 20.4. The summed E-state index contributed by atoms with van der Waals surface area (Å²) in [5.41, 5.74) is 0.534. The first kappa shape index (κ1) is 24.0. The molecule has 2 aromatic rings. The number of nitrogens with one attached hydrogen (secondary N) is 1. The maximum absolute atomic E-state index is 13.4. The van der Waals surface area contributed by atoms with Crippen LogP contribution in [0.5, 0.6) is 5.88 Å². The molecule has 2 amide bonds. The summed E-state index contributed by atoms with van der Waals surface area (Å²) < 4.78 is 8.30.